The number of aliphatic imine (C=N–C) groups is 2. The van der Waals surface area contributed by atoms with Crippen LogP contribution in [0.25, 0.3) is 0 Å². The maximum atomic E-state index is 14.2. The molecule has 0 amide bonds. The van der Waals surface area contributed by atoms with E-state index < -0.39 is 195 Å². The Bertz CT molecular complexity index is 4100. The van der Waals surface area contributed by atoms with Gasteiger partial charge < -0.3 is 0 Å². The Morgan fingerprint density at radius 1 is 0.268 bits per heavy atom. The summed E-state index contributed by atoms with van der Waals surface area (Å²) in [5, 5.41) is 0. The minimum Gasteiger partial charge on any atom is -0.255 e. The molecular weight excluding hydrogens is 1580 g/mol. The van der Waals surface area contributed by atoms with Gasteiger partial charge in [-0.2, -0.15) is 127 Å². The molecule has 0 aliphatic heterocycles. The molecule has 0 fully saturated rings. The van der Waals surface area contributed by atoms with Crippen LogP contribution >= 0.6 is 0 Å². The predicted octanol–water partition coefficient (Wildman–Crippen LogP) is 25.0. The quantitative estimate of drug-likeness (QED) is 0.0695. The van der Waals surface area contributed by atoms with E-state index in [4.69, 9.17) is 9.98 Å². The normalized spacial score (nSPS) is 12.6. The second-order valence-electron chi connectivity index (χ2n) is 26.7. The predicted molar refractivity (Wildman–Crippen MR) is 390 cm³/mol. The summed E-state index contributed by atoms with van der Waals surface area (Å²) in [6.45, 7) is 21.8. The maximum Gasteiger partial charge on any atom is 0.416 e. The Hall–Kier alpha value is -9.58. The van der Waals surface area contributed by atoms with Gasteiger partial charge in [0, 0.05) is 32.2 Å². The molecule has 0 spiro atoms. The molecule has 4 nitrogen and oxygen atoms in total. The number of para-hydroxylation sites is 2. The van der Waals surface area contributed by atoms with E-state index in [1.165, 1.54) is 33.4 Å². The number of benzene rings is 8. The Kier molecular flexibility index (Phi) is 31.4. The smallest absolute Gasteiger partial charge is 0.255 e. The second kappa shape index (κ2) is 37.8. The van der Waals surface area contributed by atoms with Crippen molar-refractivity contribution in [2.24, 2.45) is 9.98 Å². The van der Waals surface area contributed by atoms with Crippen LogP contribution in [0.5, 0.6) is 0 Å². The zero-order valence-electron chi connectivity index (χ0n) is 61.3. The van der Waals surface area contributed by atoms with Crippen molar-refractivity contribution < 1.29 is 105 Å². The Balaban J connectivity index is 0.000000325. The number of hydrogen-bond acceptors (Lipinski definition) is 4. The van der Waals surface area contributed by atoms with E-state index in [0.717, 1.165) is 22.8 Å². The van der Waals surface area contributed by atoms with Gasteiger partial charge in [0.15, 0.2) is 0 Å². The van der Waals surface area contributed by atoms with Gasteiger partial charge in [0.25, 0.3) is 0 Å². The molecular formula is C82H72BF24GaN4-. The van der Waals surface area contributed by atoms with Crippen molar-refractivity contribution in [1.82, 2.24) is 9.97 Å². The van der Waals surface area contributed by atoms with Crippen LogP contribution in [0.4, 0.5) is 117 Å². The van der Waals surface area contributed by atoms with Crippen molar-refractivity contribution in [3.63, 3.8) is 0 Å². The number of nitrogens with zero attached hydrogens (tertiary/aromatic N) is 4. The van der Waals surface area contributed by atoms with Gasteiger partial charge in [0.05, 0.1) is 79.7 Å². The van der Waals surface area contributed by atoms with E-state index in [1.54, 1.807) is 12.4 Å². The number of hydrogen-bond donors (Lipinski definition) is 0. The Labute approximate surface area is 644 Å². The summed E-state index contributed by atoms with van der Waals surface area (Å²) >= 11 is 0. The fraction of sp³-hybridized carbons (Fsp3) is 0.268. The minimum atomic E-state index is -6.13. The molecule has 0 N–H and O–H groups in total. The molecule has 0 aliphatic rings. The first-order valence-electron chi connectivity index (χ1n) is 33.8. The van der Waals surface area contributed by atoms with Crippen LogP contribution in [0.3, 0.4) is 0 Å². The molecule has 8 aromatic carbocycles. The van der Waals surface area contributed by atoms with E-state index >= 15 is 0 Å². The monoisotopic (exact) mass is 1650 g/mol. The van der Waals surface area contributed by atoms with Gasteiger partial charge in [-0.1, -0.05) is 224 Å². The molecule has 0 unspecified atom stereocenters. The average molecular weight is 1650 g/mol. The van der Waals surface area contributed by atoms with E-state index in [2.05, 4.69) is 140 Å². The van der Waals surface area contributed by atoms with Crippen molar-refractivity contribution in [1.29, 1.82) is 0 Å². The third-order valence-electron chi connectivity index (χ3n) is 17.0. The van der Waals surface area contributed by atoms with Gasteiger partial charge >= 0.3 is 49.4 Å². The summed E-state index contributed by atoms with van der Waals surface area (Å²) < 4.78 is 341. The maximum absolute atomic E-state index is 14.2. The first-order valence-corrected chi connectivity index (χ1v) is 33.8. The van der Waals surface area contributed by atoms with Gasteiger partial charge in [-0.15, -0.1) is 0 Å². The first kappa shape index (κ1) is 93.0. The number of aromatic nitrogens is 2. The molecule has 30 heteroatoms. The van der Waals surface area contributed by atoms with Crippen molar-refractivity contribution >= 4 is 71.6 Å². The summed E-state index contributed by atoms with van der Waals surface area (Å²) in [6.07, 6.45) is -47.5. The summed E-state index contributed by atoms with van der Waals surface area (Å²) in [5.74, 6) is 1.85. The number of aryl methyl sites for hydroxylation is 2. The fourth-order valence-electron chi connectivity index (χ4n) is 11.6. The summed E-state index contributed by atoms with van der Waals surface area (Å²) in [4.78, 5) is 18.0. The van der Waals surface area contributed by atoms with Gasteiger partial charge in [-0.05, 0) is 108 Å². The second-order valence-corrected chi connectivity index (χ2v) is 26.7. The number of rotatable bonds is 12. The molecule has 10 rings (SSSR count). The summed E-state index contributed by atoms with van der Waals surface area (Å²) in [5.41, 5.74) is -18.4. The standard InChI is InChI=1S/C32H12BF24.2C18H22N2.2C7H8.Ga/c34-25(35,36)13-1-14(26(37,38)39)6-21(5-13)33(22-7-15(27(40,41)42)2-16(8-22)28(43,44)45,23-9-17(29(46,47)48)3-18(10-23)30(49,50)51)24-11-19(31(52,53)54)4-20(12-24)32(55,56)57;2*1-13(2)16-9-7-10-17(14(3)4)18(16)20-12-15-8-5-6-11-19-15;2*1-7-5-3-2-4-6-7;/h1-12H;2*5-14H,1-4H3;2*2-6H,1H3;/q-1;;;;;. The van der Waals surface area contributed by atoms with Gasteiger partial charge in [0.2, 0.25) is 0 Å². The molecule has 0 saturated heterocycles. The molecule has 0 bridgehead atoms. The zero-order valence-corrected chi connectivity index (χ0v) is 63.7. The summed E-state index contributed by atoms with van der Waals surface area (Å²) in [6, 6.07) is 36.4. The first-order chi connectivity index (χ1) is 51.2. The molecule has 0 saturated carbocycles. The summed E-state index contributed by atoms with van der Waals surface area (Å²) in [7, 11) is 0. The minimum absolute atomic E-state index is 0. The van der Waals surface area contributed by atoms with Crippen molar-refractivity contribution in [2.45, 2.75) is 142 Å². The van der Waals surface area contributed by atoms with Crippen molar-refractivity contribution in [2.75, 3.05) is 0 Å². The SMILES string of the molecule is CC(C)c1cccc(C(C)C)c1N=Cc1ccccn1.CC(C)c1cccc(C(C)C)c1N=Cc1ccccn1.Cc1ccccc1.Cc1ccccc1.FC(F)(F)c1cc([B-](c2cc(C(F)(F)F)cc(C(F)(F)F)c2)(c2cc(C(F)(F)F)cc(C(F)(F)F)c2)c2cc(C(F)(F)F)cc(C(F)(F)F)c2)cc(C(F)(F)F)c1.[Ga]. The Morgan fingerprint density at radius 3 is 0.616 bits per heavy atom. The zero-order chi connectivity index (χ0) is 83.2. The van der Waals surface area contributed by atoms with Crippen LogP contribution in [0.15, 0.2) is 229 Å². The third-order valence-corrected chi connectivity index (χ3v) is 17.0. The largest absolute Gasteiger partial charge is 0.416 e. The molecule has 595 valence electrons. The van der Waals surface area contributed by atoms with Crippen LogP contribution in [0.2, 0.25) is 0 Å². The number of pyridine rings is 2. The number of alkyl halides is 24. The Morgan fingerprint density at radius 2 is 0.464 bits per heavy atom. The molecule has 10 aromatic rings. The molecule has 3 radical (unpaired) electrons. The fourth-order valence-corrected chi connectivity index (χ4v) is 11.6. The molecule has 0 atom stereocenters. The molecule has 2 aromatic heterocycles. The van der Waals surface area contributed by atoms with Crippen LogP contribution < -0.4 is 21.9 Å². The average Bonchev–Trinajstić information content (AvgIpc) is 0.706. The van der Waals surface area contributed by atoms with Gasteiger partial charge in [-0.3, -0.25) is 20.0 Å². The third kappa shape index (κ3) is 25.7. The van der Waals surface area contributed by atoms with Crippen LogP contribution in [-0.2, 0) is 49.4 Å². The number of halogens is 24. The van der Waals surface area contributed by atoms with Crippen molar-refractivity contribution in [3.05, 3.63) is 308 Å². The van der Waals surface area contributed by atoms with Gasteiger partial charge in [-0.25, -0.2) is 0 Å². The van der Waals surface area contributed by atoms with Crippen LogP contribution in [-0.4, -0.2) is 48.3 Å². The van der Waals surface area contributed by atoms with Crippen molar-refractivity contribution in [3.8, 4) is 0 Å². The molecule has 2 heterocycles. The van der Waals surface area contributed by atoms with E-state index in [0.29, 0.717) is 23.7 Å². The van der Waals surface area contributed by atoms with E-state index in [9.17, 15) is 105 Å². The molecule has 112 heavy (non-hydrogen) atoms. The van der Waals surface area contributed by atoms with E-state index in [-0.39, 0.29) is 19.8 Å². The van der Waals surface area contributed by atoms with Gasteiger partial charge in [0.1, 0.15) is 6.15 Å². The topological polar surface area (TPSA) is 50.5 Å². The van der Waals surface area contributed by atoms with E-state index in [1.807, 2.05) is 85.2 Å². The van der Waals surface area contributed by atoms with Crippen LogP contribution in [0, 0.1) is 13.8 Å². The van der Waals surface area contributed by atoms with Crippen LogP contribution in [0.1, 0.15) is 168 Å². The molecule has 0 aliphatic carbocycles.